The summed E-state index contributed by atoms with van der Waals surface area (Å²) in [5, 5.41) is 0.596. The molecule has 0 aliphatic heterocycles. The molecule has 16 nitrogen and oxygen atoms in total. The predicted molar refractivity (Wildman–Crippen MR) is 310 cm³/mol. The smallest absolute Gasteiger partial charge is 0.361 e. The second-order valence-electron chi connectivity index (χ2n) is 22.0. The summed E-state index contributed by atoms with van der Waals surface area (Å²) >= 11 is 0. The SMILES string of the molecule is COc1c2cc(CP(=O)(OC(C)C)OC(C)C)cc1Cc1cc(P(=O)(OC(C)C)OC(C)C)cc(c1OC)Cc1cc(CP(=O)(OC(C)C)OC(C)C)cc(c1OC)Cc1cc(P(=O)(OC(C)C)OC(C)C)cc(c1OC)C2. The maximum absolute atomic E-state index is 15.4. The van der Waals surface area contributed by atoms with Gasteiger partial charge in [-0.05, 0) is 191 Å². The molecule has 0 amide bonds. The van der Waals surface area contributed by atoms with Crippen LogP contribution >= 0.6 is 30.4 Å². The third-order valence-electron chi connectivity index (χ3n) is 11.7. The van der Waals surface area contributed by atoms with Gasteiger partial charge in [-0.15, -0.1) is 0 Å². The first-order valence-electron chi connectivity index (χ1n) is 27.0. The topological polar surface area (TPSA) is 179 Å². The number of ether oxygens (including phenoxy) is 4. The Bertz CT molecular complexity index is 2540. The normalized spacial score (nSPS) is 13.8. The van der Waals surface area contributed by atoms with Crippen LogP contribution in [0.4, 0.5) is 0 Å². The molecule has 0 heterocycles. The first-order chi connectivity index (χ1) is 36.4. The van der Waals surface area contributed by atoms with Crippen molar-refractivity contribution in [3.8, 4) is 23.0 Å². The summed E-state index contributed by atoms with van der Waals surface area (Å²) in [6.45, 7) is 28.9. The van der Waals surface area contributed by atoms with Crippen molar-refractivity contribution in [2.75, 3.05) is 28.4 Å². The zero-order valence-corrected chi connectivity index (χ0v) is 53.4. The lowest BCUT2D eigenvalue weighted by atomic mass is 9.90. The second kappa shape index (κ2) is 27.6. The summed E-state index contributed by atoms with van der Waals surface area (Å²) in [4.78, 5) is 0. The lowest BCUT2D eigenvalue weighted by molar-refractivity contribution is 0.140. The third kappa shape index (κ3) is 17.4. The van der Waals surface area contributed by atoms with Gasteiger partial charge in [0.1, 0.15) is 23.0 Å². The van der Waals surface area contributed by atoms with Gasteiger partial charge < -0.3 is 55.1 Å². The molecule has 8 bridgehead atoms. The number of fused-ring (bicyclic) bond motifs is 8. The van der Waals surface area contributed by atoms with Gasteiger partial charge in [-0.3, -0.25) is 18.3 Å². The van der Waals surface area contributed by atoms with E-state index in [4.69, 9.17) is 55.1 Å². The van der Waals surface area contributed by atoms with Crippen LogP contribution in [-0.4, -0.2) is 77.3 Å². The molecule has 20 heteroatoms. The first-order valence-corrected chi connectivity index (χ1v) is 33.5. The number of rotatable bonds is 26. The van der Waals surface area contributed by atoms with Gasteiger partial charge in [-0.2, -0.15) is 0 Å². The van der Waals surface area contributed by atoms with E-state index in [1.165, 1.54) is 0 Å². The molecule has 1 aliphatic rings. The Morgan fingerprint density at radius 3 is 0.654 bits per heavy atom. The second-order valence-corrected chi connectivity index (χ2v) is 29.7. The van der Waals surface area contributed by atoms with E-state index in [0.717, 1.165) is 0 Å². The van der Waals surface area contributed by atoms with Gasteiger partial charge in [0.2, 0.25) is 0 Å². The van der Waals surface area contributed by atoms with E-state index in [1.807, 2.05) is 79.7 Å². The molecule has 0 aromatic heterocycles. The Labute approximate surface area is 465 Å². The minimum Gasteiger partial charge on any atom is -0.496 e. The van der Waals surface area contributed by atoms with Crippen LogP contribution in [0.5, 0.6) is 23.0 Å². The number of hydrogen-bond acceptors (Lipinski definition) is 16. The fourth-order valence-electron chi connectivity index (χ4n) is 9.88. The Kier molecular flexibility index (Phi) is 23.2. The predicted octanol–water partition coefficient (Wildman–Crippen LogP) is 14.8. The van der Waals surface area contributed by atoms with Crippen molar-refractivity contribution in [3.05, 3.63) is 104 Å². The molecular weight excluding hydrogens is 1080 g/mol. The molecule has 0 unspecified atom stereocenters. The average molecular weight is 1170 g/mol. The van der Waals surface area contributed by atoms with Crippen molar-refractivity contribution >= 4 is 41.0 Å². The van der Waals surface area contributed by atoms with Crippen molar-refractivity contribution < 1.29 is 73.4 Å². The minimum atomic E-state index is -4.07. The van der Waals surface area contributed by atoms with Gasteiger partial charge in [0.05, 0.1) is 100 Å². The van der Waals surface area contributed by atoms with Crippen LogP contribution in [0.25, 0.3) is 0 Å². The summed E-state index contributed by atoms with van der Waals surface area (Å²) < 4.78 is 136. The Morgan fingerprint density at radius 1 is 0.308 bits per heavy atom. The molecular formula is C58H88O16P4. The van der Waals surface area contributed by atoms with Crippen molar-refractivity contribution in [2.45, 2.75) is 198 Å². The van der Waals surface area contributed by atoms with E-state index in [9.17, 15) is 9.13 Å². The van der Waals surface area contributed by atoms with E-state index in [-0.39, 0.29) is 38.0 Å². The molecule has 0 saturated carbocycles. The highest BCUT2D eigenvalue weighted by atomic mass is 31.2. The minimum absolute atomic E-state index is 0.0916. The highest BCUT2D eigenvalue weighted by Gasteiger charge is 2.37. The van der Waals surface area contributed by atoms with Crippen LogP contribution in [-0.2, 0) is 92.5 Å². The number of hydrogen-bond donors (Lipinski definition) is 0. The standard InChI is InChI=1S/C58H88O16P4/c1-35(2)67-75(59,68-36(3)4)33-43-21-45-25-49-29-53(77(61,71-39(9)10)72-40(11)12)31-51(57(49)65-19)27-47-23-44(34-76(60,69-37(5)6)70-38(7)8)24-48(56(47)64-18)28-52-32-54(78(62,73-41(13)14)74-42(15)16)30-50(58(52)66-20)26-46(22-43)55(45)63-17/h21-24,29-32,35-42H,25-28,33-34H2,1-20H3. The zero-order valence-electron chi connectivity index (χ0n) is 49.8. The Hall–Kier alpha value is -3.32. The molecule has 0 spiro atoms. The summed E-state index contributed by atoms with van der Waals surface area (Å²) in [5.74, 6) is 1.94. The summed E-state index contributed by atoms with van der Waals surface area (Å²) in [6.07, 6.45) is -3.30. The van der Waals surface area contributed by atoms with Crippen molar-refractivity contribution in [1.29, 1.82) is 0 Å². The lowest BCUT2D eigenvalue weighted by Gasteiger charge is -2.27. The van der Waals surface area contributed by atoms with Gasteiger partial charge in [-0.1, -0.05) is 24.3 Å². The molecule has 4 aromatic carbocycles. The molecule has 436 valence electrons. The Balaban J connectivity index is 2.05. The molecule has 0 radical (unpaired) electrons. The van der Waals surface area contributed by atoms with Gasteiger partial charge in [0, 0.05) is 25.7 Å². The van der Waals surface area contributed by atoms with E-state index >= 15 is 9.13 Å². The fourth-order valence-corrected chi connectivity index (χ4v) is 18.2. The highest BCUT2D eigenvalue weighted by molar-refractivity contribution is 7.62. The molecule has 1 aliphatic carbocycles. The monoisotopic (exact) mass is 1160 g/mol. The van der Waals surface area contributed by atoms with Gasteiger partial charge in [0.15, 0.2) is 0 Å². The number of benzene rings is 4. The molecule has 0 saturated heterocycles. The van der Waals surface area contributed by atoms with Crippen LogP contribution in [0.3, 0.4) is 0 Å². The molecule has 0 fully saturated rings. The van der Waals surface area contributed by atoms with Gasteiger partial charge in [-0.25, -0.2) is 0 Å². The molecule has 0 atom stereocenters. The molecule has 78 heavy (non-hydrogen) atoms. The van der Waals surface area contributed by atoms with Crippen LogP contribution in [0.15, 0.2) is 48.5 Å². The van der Waals surface area contributed by atoms with Gasteiger partial charge >= 0.3 is 30.4 Å². The fraction of sp³-hybridized carbons (Fsp3) is 0.586. The third-order valence-corrected chi connectivity index (χ3v) is 20.7. The van der Waals surface area contributed by atoms with Crippen LogP contribution in [0, 0.1) is 0 Å². The van der Waals surface area contributed by atoms with E-state index in [1.54, 1.807) is 108 Å². The van der Waals surface area contributed by atoms with Crippen molar-refractivity contribution in [1.82, 2.24) is 0 Å². The van der Waals surface area contributed by atoms with Crippen molar-refractivity contribution in [2.24, 2.45) is 0 Å². The zero-order chi connectivity index (χ0) is 58.2. The summed E-state index contributed by atoms with van der Waals surface area (Å²) in [5.41, 5.74) is 6.29. The van der Waals surface area contributed by atoms with E-state index in [2.05, 4.69) is 0 Å². The van der Waals surface area contributed by atoms with Crippen molar-refractivity contribution in [3.63, 3.8) is 0 Å². The maximum Gasteiger partial charge on any atom is 0.361 e. The van der Waals surface area contributed by atoms with E-state index in [0.29, 0.717) is 89.2 Å². The summed E-state index contributed by atoms with van der Waals surface area (Å²) in [7, 11) is -9.38. The average Bonchev–Trinajstić information content (AvgIpc) is 3.26. The van der Waals surface area contributed by atoms with E-state index < -0.39 is 79.2 Å². The maximum atomic E-state index is 15.4. The van der Waals surface area contributed by atoms with Crippen LogP contribution in [0.1, 0.15) is 166 Å². The highest BCUT2D eigenvalue weighted by Crippen LogP contribution is 2.57. The molecule has 5 rings (SSSR count). The summed E-state index contributed by atoms with van der Waals surface area (Å²) in [6, 6.07) is 14.8. The molecule has 4 aromatic rings. The first kappa shape index (κ1) is 65.5. The molecule has 0 N–H and O–H groups in total. The number of methoxy groups -OCH3 is 4. The Morgan fingerprint density at radius 2 is 0.487 bits per heavy atom. The van der Waals surface area contributed by atoms with Crippen LogP contribution in [0.2, 0.25) is 0 Å². The quantitative estimate of drug-likeness (QED) is 0.0477. The van der Waals surface area contributed by atoms with Crippen LogP contribution < -0.4 is 29.6 Å². The van der Waals surface area contributed by atoms with Gasteiger partial charge in [0.25, 0.3) is 0 Å². The lowest BCUT2D eigenvalue weighted by Crippen LogP contribution is -2.20. The largest absolute Gasteiger partial charge is 0.496 e.